The fraction of sp³-hybridized carbons (Fsp3) is 0.348. The highest BCUT2D eigenvalue weighted by atomic mass is 16.3. The topological polar surface area (TPSA) is 36.4 Å². The van der Waals surface area contributed by atoms with Gasteiger partial charge in [-0.2, -0.15) is 0 Å². The lowest BCUT2D eigenvalue weighted by Crippen LogP contribution is -2.63. The van der Waals surface area contributed by atoms with Crippen LogP contribution in [0.5, 0.6) is 0 Å². The highest BCUT2D eigenvalue weighted by Gasteiger charge is 2.54. The minimum absolute atomic E-state index is 0.182. The molecule has 0 spiro atoms. The van der Waals surface area contributed by atoms with Crippen molar-refractivity contribution in [2.75, 3.05) is 13.1 Å². The Morgan fingerprint density at radius 2 is 1.88 bits per heavy atom. The van der Waals surface area contributed by atoms with Crippen molar-refractivity contribution in [1.29, 1.82) is 0 Å². The van der Waals surface area contributed by atoms with Crippen molar-refractivity contribution in [2.45, 2.75) is 31.4 Å². The fourth-order valence-electron chi connectivity index (χ4n) is 4.48. The van der Waals surface area contributed by atoms with E-state index in [1.807, 2.05) is 49.4 Å². The van der Waals surface area contributed by atoms with E-state index in [1.54, 1.807) is 0 Å². The highest BCUT2D eigenvalue weighted by Crippen LogP contribution is 2.47. The highest BCUT2D eigenvalue weighted by molar-refractivity contribution is 5.70. The third-order valence-electron chi connectivity index (χ3n) is 5.82. The Morgan fingerprint density at radius 3 is 2.58 bits per heavy atom. The third kappa shape index (κ3) is 2.76. The Labute approximate surface area is 155 Å². The van der Waals surface area contributed by atoms with E-state index in [1.165, 1.54) is 0 Å². The molecule has 2 atom stereocenters. The van der Waals surface area contributed by atoms with Crippen LogP contribution in [0.25, 0.3) is 12.2 Å². The number of hydrogen-bond acceptors (Lipinski definition) is 3. The molecule has 3 nitrogen and oxygen atoms in total. The van der Waals surface area contributed by atoms with E-state index in [4.69, 9.17) is 11.4 Å². The van der Waals surface area contributed by atoms with E-state index in [9.17, 15) is 5.11 Å². The van der Waals surface area contributed by atoms with Crippen LogP contribution in [0, 0.1) is 25.2 Å². The van der Waals surface area contributed by atoms with Gasteiger partial charge in [0, 0.05) is 11.3 Å². The fourth-order valence-corrected chi connectivity index (χ4v) is 4.48. The predicted octanol–water partition coefficient (Wildman–Crippen LogP) is 3.48. The van der Waals surface area contributed by atoms with E-state index >= 15 is 0 Å². The van der Waals surface area contributed by atoms with Crippen molar-refractivity contribution in [3.05, 3.63) is 65.0 Å². The van der Waals surface area contributed by atoms with Gasteiger partial charge in [-0.15, -0.1) is 6.42 Å². The molecule has 1 aromatic carbocycles. The Balaban J connectivity index is 1.79. The minimum Gasteiger partial charge on any atom is -0.382 e. The molecule has 3 fully saturated rings. The molecule has 4 heterocycles. The quantitative estimate of drug-likeness (QED) is 0.866. The van der Waals surface area contributed by atoms with Crippen molar-refractivity contribution in [1.82, 2.24) is 9.88 Å². The van der Waals surface area contributed by atoms with Crippen molar-refractivity contribution in [3.63, 3.8) is 0 Å². The van der Waals surface area contributed by atoms with Gasteiger partial charge in [0.05, 0.1) is 5.69 Å². The molecule has 0 aliphatic carbocycles. The second kappa shape index (κ2) is 6.72. The molecule has 2 unspecified atom stereocenters. The number of pyridine rings is 1. The van der Waals surface area contributed by atoms with Crippen LogP contribution in [-0.2, 0) is 5.60 Å². The number of aliphatic hydroxyl groups is 1. The first-order chi connectivity index (χ1) is 12.6. The van der Waals surface area contributed by atoms with Gasteiger partial charge in [0.1, 0.15) is 11.6 Å². The predicted molar refractivity (Wildman–Crippen MR) is 105 cm³/mol. The van der Waals surface area contributed by atoms with E-state index < -0.39 is 5.60 Å². The molecule has 0 radical (unpaired) electrons. The Hall–Kier alpha value is -2.41. The molecule has 1 aromatic heterocycles. The lowest BCUT2D eigenvalue weighted by atomic mass is 9.66. The molecule has 2 aromatic rings. The number of fused-ring (bicyclic) bond motifs is 3. The SMILES string of the molecule is C#CC1N2CCC(CC2)C1(O)c1ccc(C)nc1C=Cc1ccccc1. The first-order valence-corrected chi connectivity index (χ1v) is 9.26. The van der Waals surface area contributed by atoms with Crippen molar-refractivity contribution in [2.24, 2.45) is 5.92 Å². The minimum atomic E-state index is -1.04. The second-order valence-corrected chi connectivity index (χ2v) is 7.33. The van der Waals surface area contributed by atoms with Crippen LogP contribution in [-0.4, -0.2) is 34.1 Å². The summed E-state index contributed by atoms with van der Waals surface area (Å²) >= 11 is 0. The zero-order chi connectivity index (χ0) is 18.1. The van der Waals surface area contributed by atoms with Gasteiger partial charge in [-0.3, -0.25) is 9.88 Å². The average molecular weight is 344 g/mol. The zero-order valence-corrected chi connectivity index (χ0v) is 15.1. The van der Waals surface area contributed by atoms with Crippen LogP contribution < -0.4 is 0 Å². The molecule has 0 saturated carbocycles. The molecule has 0 amide bonds. The lowest BCUT2D eigenvalue weighted by molar-refractivity contribution is -0.143. The maximum Gasteiger partial charge on any atom is 0.121 e. The molecule has 3 heteroatoms. The summed E-state index contributed by atoms with van der Waals surface area (Å²) in [6.07, 6.45) is 11.9. The van der Waals surface area contributed by atoms with Crippen molar-refractivity contribution in [3.8, 4) is 12.3 Å². The summed E-state index contributed by atoms with van der Waals surface area (Å²) in [7, 11) is 0. The maximum atomic E-state index is 11.8. The van der Waals surface area contributed by atoms with E-state index in [0.29, 0.717) is 0 Å². The molecule has 3 aliphatic rings. The number of nitrogens with zero attached hydrogens (tertiary/aromatic N) is 2. The Morgan fingerprint density at radius 1 is 1.15 bits per heavy atom. The summed E-state index contributed by atoms with van der Waals surface area (Å²) in [6.45, 7) is 3.91. The first-order valence-electron chi connectivity index (χ1n) is 9.26. The normalized spacial score (nSPS) is 30.4. The summed E-state index contributed by atoms with van der Waals surface area (Å²) in [4.78, 5) is 6.97. The Kier molecular flexibility index (Phi) is 4.40. The standard InChI is InChI=1S/C23H24N2O/c1-3-22-23(26,19-13-15-25(22)16-14-19)20-11-9-17(2)24-21(20)12-10-18-7-5-4-6-8-18/h1,4-12,19,22,26H,13-16H2,2H3. The average Bonchev–Trinajstić information content (AvgIpc) is 2.68. The maximum absolute atomic E-state index is 11.8. The molecule has 3 saturated heterocycles. The number of hydrogen-bond donors (Lipinski definition) is 1. The van der Waals surface area contributed by atoms with Gasteiger partial charge in [0.25, 0.3) is 0 Å². The smallest absolute Gasteiger partial charge is 0.121 e. The second-order valence-electron chi connectivity index (χ2n) is 7.33. The largest absolute Gasteiger partial charge is 0.382 e. The van der Waals surface area contributed by atoms with E-state index in [2.05, 4.69) is 23.0 Å². The van der Waals surface area contributed by atoms with Gasteiger partial charge in [0.15, 0.2) is 0 Å². The number of aromatic nitrogens is 1. The lowest BCUT2D eigenvalue weighted by Gasteiger charge is -2.54. The molecule has 3 aliphatic heterocycles. The van der Waals surface area contributed by atoms with Gasteiger partial charge in [0.2, 0.25) is 0 Å². The van der Waals surface area contributed by atoms with Gasteiger partial charge >= 0.3 is 0 Å². The first kappa shape index (κ1) is 17.0. The summed E-state index contributed by atoms with van der Waals surface area (Å²) in [5.74, 6) is 3.05. The molecular weight excluding hydrogens is 320 g/mol. The number of terminal acetylenes is 1. The van der Waals surface area contributed by atoms with Crippen LogP contribution in [0.4, 0.5) is 0 Å². The Bertz CT molecular complexity index is 860. The molecule has 2 bridgehead atoms. The molecule has 26 heavy (non-hydrogen) atoms. The third-order valence-corrected chi connectivity index (χ3v) is 5.82. The molecule has 5 rings (SSSR count). The van der Waals surface area contributed by atoms with Crippen LogP contribution in [0.15, 0.2) is 42.5 Å². The van der Waals surface area contributed by atoms with Gasteiger partial charge in [-0.25, -0.2) is 0 Å². The summed E-state index contributed by atoms with van der Waals surface area (Å²) in [5, 5.41) is 11.8. The molecule has 1 N–H and O–H groups in total. The number of rotatable bonds is 3. The number of aryl methyl sites for hydroxylation is 1. The van der Waals surface area contributed by atoms with E-state index in [-0.39, 0.29) is 12.0 Å². The van der Waals surface area contributed by atoms with Crippen LogP contribution in [0.1, 0.15) is 35.4 Å². The van der Waals surface area contributed by atoms with Crippen LogP contribution >= 0.6 is 0 Å². The van der Waals surface area contributed by atoms with Crippen molar-refractivity contribution < 1.29 is 5.11 Å². The number of piperidine rings is 3. The molecule has 132 valence electrons. The number of benzene rings is 1. The van der Waals surface area contributed by atoms with Crippen molar-refractivity contribution >= 4 is 12.2 Å². The van der Waals surface area contributed by atoms with Crippen LogP contribution in [0.3, 0.4) is 0 Å². The summed E-state index contributed by atoms with van der Waals surface area (Å²) in [6, 6.07) is 13.8. The summed E-state index contributed by atoms with van der Waals surface area (Å²) < 4.78 is 0. The van der Waals surface area contributed by atoms with Gasteiger partial charge < -0.3 is 5.11 Å². The van der Waals surface area contributed by atoms with E-state index in [0.717, 1.165) is 48.4 Å². The van der Waals surface area contributed by atoms with Gasteiger partial charge in [-0.1, -0.05) is 48.4 Å². The zero-order valence-electron chi connectivity index (χ0n) is 15.1. The van der Waals surface area contributed by atoms with Gasteiger partial charge in [-0.05, 0) is 56.5 Å². The van der Waals surface area contributed by atoms with Crippen LogP contribution in [0.2, 0.25) is 0 Å². The monoisotopic (exact) mass is 344 g/mol. The molecular formula is C23H24N2O. The summed E-state index contributed by atoms with van der Waals surface area (Å²) in [5.41, 5.74) is 2.67.